The molecule has 0 N–H and O–H groups in total. The smallest absolute Gasteiger partial charge is 0.161 e. The van der Waals surface area contributed by atoms with Gasteiger partial charge in [0.05, 0.1) is 7.11 Å². The summed E-state index contributed by atoms with van der Waals surface area (Å²) in [5.41, 5.74) is 2.32. The minimum atomic E-state index is 0.489. The normalized spacial score (nSPS) is 18.6. The Hall–Kier alpha value is -2.15. The molecule has 0 radical (unpaired) electrons. The van der Waals surface area contributed by atoms with Crippen molar-refractivity contribution in [3.8, 4) is 11.5 Å². The molecule has 2 aromatic rings. The lowest BCUT2D eigenvalue weighted by molar-refractivity contribution is 0.117. The van der Waals surface area contributed by atoms with Crippen LogP contribution in [0.2, 0.25) is 0 Å². The van der Waals surface area contributed by atoms with Crippen molar-refractivity contribution < 1.29 is 9.47 Å². The lowest BCUT2D eigenvalue weighted by Crippen LogP contribution is -2.47. The van der Waals surface area contributed by atoms with Crippen LogP contribution in [-0.2, 0) is 13.2 Å². The third-order valence-corrected chi connectivity index (χ3v) is 6.15. The Morgan fingerprint density at radius 2 is 1.57 bits per heavy atom. The molecule has 3 heterocycles. The Morgan fingerprint density at radius 3 is 2.27 bits per heavy atom. The molecule has 0 bridgehead atoms. The topological polar surface area (TPSA) is 41.1 Å². The quantitative estimate of drug-likeness (QED) is 0.633. The molecule has 0 saturated carbocycles. The van der Waals surface area contributed by atoms with Gasteiger partial charge in [-0.15, -0.1) is 0 Å². The minimum Gasteiger partial charge on any atom is -0.493 e. The van der Waals surface area contributed by atoms with Gasteiger partial charge in [-0.2, -0.15) is 0 Å². The fourth-order valence-corrected chi connectivity index (χ4v) is 4.30. The number of benzene rings is 1. The van der Waals surface area contributed by atoms with Crippen molar-refractivity contribution in [3.63, 3.8) is 0 Å². The molecule has 6 heteroatoms. The van der Waals surface area contributed by atoms with E-state index in [0.29, 0.717) is 6.61 Å². The van der Waals surface area contributed by atoms with Gasteiger partial charge < -0.3 is 14.4 Å². The molecular weight excluding hydrogens is 376 g/mol. The Labute approximate surface area is 180 Å². The highest BCUT2D eigenvalue weighted by molar-refractivity contribution is 5.43. The SMILES string of the molecule is COc1ccc(CN2CCN(CCN3CCCC3)CC2)cc1OCc1cccnc1. The molecule has 162 valence electrons. The van der Waals surface area contributed by atoms with Gasteiger partial charge in [0.15, 0.2) is 11.5 Å². The van der Waals surface area contributed by atoms with Crippen LogP contribution in [0.4, 0.5) is 0 Å². The molecule has 2 saturated heterocycles. The summed E-state index contributed by atoms with van der Waals surface area (Å²) in [4.78, 5) is 11.9. The molecule has 4 rings (SSSR count). The van der Waals surface area contributed by atoms with Gasteiger partial charge in [0.25, 0.3) is 0 Å². The number of ether oxygens (including phenoxy) is 2. The maximum atomic E-state index is 6.05. The van der Waals surface area contributed by atoms with E-state index in [9.17, 15) is 0 Å². The van der Waals surface area contributed by atoms with Gasteiger partial charge in [-0.1, -0.05) is 12.1 Å². The largest absolute Gasteiger partial charge is 0.493 e. The van der Waals surface area contributed by atoms with Crippen LogP contribution in [-0.4, -0.2) is 79.2 Å². The van der Waals surface area contributed by atoms with Crippen LogP contribution < -0.4 is 9.47 Å². The molecule has 1 aromatic carbocycles. The zero-order valence-electron chi connectivity index (χ0n) is 18.1. The van der Waals surface area contributed by atoms with Gasteiger partial charge in [-0.25, -0.2) is 0 Å². The molecule has 6 nitrogen and oxygen atoms in total. The molecule has 2 fully saturated rings. The first-order chi connectivity index (χ1) is 14.8. The highest BCUT2D eigenvalue weighted by atomic mass is 16.5. The predicted molar refractivity (Wildman–Crippen MR) is 119 cm³/mol. The minimum absolute atomic E-state index is 0.489. The van der Waals surface area contributed by atoms with Gasteiger partial charge in [-0.3, -0.25) is 14.8 Å². The van der Waals surface area contributed by atoms with Crippen LogP contribution in [0.3, 0.4) is 0 Å². The van der Waals surface area contributed by atoms with Crippen molar-refractivity contribution in [2.45, 2.75) is 26.0 Å². The molecule has 0 unspecified atom stereocenters. The highest BCUT2D eigenvalue weighted by Gasteiger charge is 2.19. The van der Waals surface area contributed by atoms with Gasteiger partial charge in [0, 0.05) is 63.8 Å². The first kappa shape index (κ1) is 21.1. The summed E-state index contributed by atoms with van der Waals surface area (Å²) in [6.07, 6.45) is 6.36. The van der Waals surface area contributed by atoms with E-state index < -0.39 is 0 Å². The average molecular weight is 411 g/mol. The lowest BCUT2D eigenvalue weighted by Gasteiger charge is -2.35. The summed E-state index contributed by atoms with van der Waals surface area (Å²) in [5, 5.41) is 0. The van der Waals surface area contributed by atoms with E-state index in [-0.39, 0.29) is 0 Å². The Bertz CT molecular complexity index is 772. The van der Waals surface area contributed by atoms with Crippen LogP contribution in [0.15, 0.2) is 42.7 Å². The molecule has 1 aromatic heterocycles. The summed E-state index contributed by atoms with van der Waals surface area (Å²) in [6, 6.07) is 10.2. The second-order valence-electron chi connectivity index (χ2n) is 8.30. The zero-order valence-corrected chi connectivity index (χ0v) is 18.1. The maximum Gasteiger partial charge on any atom is 0.161 e. The summed E-state index contributed by atoms with van der Waals surface area (Å²) in [6.45, 7) is 11.0. The third-order valence-electron chi connectivity index (χ3n) is 6.15. The Balaban J connectivity index is 1.27. The number of nitrogens with zero attached hydrogens (tertiary/aromatic N) is 4. The second-order valence-corrected chi connectivity index (χ2v) is 8.30. The number of hydrogen-bond acceptors (Lipinski definition) is 6. The summed E-state index contributed by atoms with van der Waals surface area (Å²) in [5.74, 6) is 1.57. The number of pyridine rings is 1. The predicted octanol–water partition coefficient (Wildman–Crippen LogP) is 2.88. The van der Waals surface area contributed by atoms with Crippen molar-refractivity contribution in [3.05, 3.63) is 53.9 Å². The van der Waals surface area contributed by atoms with E-state index in [1.165, 1.54) is 44.6 Å². The number of likely N-dealkylation sites (tertiary alicyclic amines) is 1. The molecule has 0 amide bonds. The molecule has 2 aliphatic rings. The van der Waals surface area contributed by atoms with E-state index in [2.05, 4.69) is 31.8 Å². The number of hydrogen-bond donors (Lipinski definition) is 0. The molecule has 30 heavy (non-hydrogen) atoms. The number of methoxy groups -OCH3 is 1. The van der Waals surface area contributed by atoms with E-state index in [0.717, 1.165) is 49.8 Å². The summed E-state index contributed by atoms with van der Waals surface area (Å²) >= 11 is 0. The van der Waals surface area contributed by atoms with Gasteiger partial charge in [-0.05, 0) is 49.7 Å². The van der Waals surface area contributed by atoms with Crippen molar-refractivity contribution in [1.29, 1.82) is 0 Å². The highest BCUT2D eigenvalue weighted by Crippen LogP contribution is 2.29. The zero-order chi connectivity index (χ0) is 20.6. The molecule has 0 spiro atoms. The average Bonchev–Trinajstić information content (AvgIpc) is 3.32. The van der Waals surface area contributed by atoms with Crippen LogP contribution in [0, 0.1) is 0 Å². The fourth-order valence-electron chi connectivity index (χ4n) is 4.30. The van der Waals surface area contributed by atoms with Crippen LogP contribution >= 0.6 is 0 Å². The number of rotatable bonds is 9. The fraction of sp³-hybridized carbons (Fsp3) is 0.542. The number of piperazine rings is 1. The van der Waals surface area contributed by atoms with E-state index >= 15 is 0 Å². The van der Waals surface area contributed by atoms with Crippen molar-refractivity contribution >= 4 is 0 Å². The van der Waals surface area contributed by atoms with Crippen LogP contribution in [0.5, 0.6) is 11.5 Å². The molecule has 0 aliphatic carbocycles. The first-order valence-corrected chi connectivity index (χ1v) is 11.2. The summed E-state index contributed by atoms with van der Waals surface area (Å²) in [7, 11) is 1.69. The van der Waals surface area contributed by atoms with Crippen molar-refractivity contribution in [1.82, 2.24) is 19.7 Å². The van der Waals surface area contributed by atoms with Crippen molar-refractivity contribution in [2.24, 2.45) is 0 Å². The van der Waals surface area contributed by atoms with Crippen molar-refractivity contribution in [2.75, 3.05) is 59.5 Å². The molecule has 0 atom stereocenters. The van der Waals surface area contributed by atoms with Crippen LogP contribution in [0.25, 0.3) is 0 Å². The monoisotopic (exact) mass is 410 g/mol. The lowest BCUT2D eigenvalue weighted by atomic mass is 10.1. The summed E-state index contributed by atoms with van der Waals surface area (Å²) < 4.78 is 11.5. The van der Waals surface area contributed by atoms with E-state index in [4.69, 9.17) is 9.47 Å². The Morgan fingerprint density at radius 1 is 0.833 bits per heavy atom. The standard InChI is InChI=1S/C24H34N4O2/c1-29-23-7-6-21(17-24(23)30-20-22-5-4-8-25-18-22)19-28-15-13-27(14-16-28)12-11-26-9-2-3-10-26/h4-8,17-18H,2-3,9-16,19-20H2,1H3. The maximum absolute atomic E-state index is 6.05. The van der Waals surface area contributed by atoms with Gasteiger partial charge >= 0.3 is 0 Å². The third kappa shape index (κ3) is 5.94. The first-order valence-electron chi connectivity index (χ1n) is 11.2. The van der Waals surface area contributed by atoms with E-state index in [1.807, 2.05) is 24.4 Å². The second kappa shape index (κ2) is 10.8. The van der Waals surface area contributed by atoms with Crippen LogP contribution in [0.1, 0.15) is 24.0 Å². The Kier molecular flexibility index (Phi) is 7.56. The van der Waals surface area contributed by atoms with Gasteiger partial charge in [0.2, 0.25) is 0 Å². The number of aromatic nitrogens is 1. The molecular formula is C24H34N4O2. The van der Waals surface area contributed by atoms with Gasteiger partial charge in [0.1, 0.15) is 6.61 Å². The molecule has 2 aliphatic heterocycles. The van der Waals surface area contributed by atoms with E-state index in [1.54, 1.807) is 13.3 Å².